The second kappa shape index (κ2) is 6.23. The van der Waals surface area contributed by atoms with Crippen LogP contribution in [0.25, 0.3) is 0 Å². The summed E-state index contributed by atoms with van der Waals surface area (Å²) in [7, 11) is 0. The van der Waals surface area contributed by atoms with Crippen LogP contribution in [0, 0.1) is 5.92 Å². The van der Waals surface area contributed by atoms with E-state index >= 15 is 0 Å². The Bertz CT molecular complexity index is 433. The van der Waals surface area contributed by atoms with Gasteiger partial charge in [0.05, 0.1) is 15.8 Å². The average molecular weight is 296 g/mol. The maximum Gasteiger partial charge on any atom is 0.308 e. The van der Waals surface area contributed by atoms with E-state index in [0.717, 1.165) is 11.3 Å². The Hall–Kier alpha value is -0.780. The van der Waals surface area contributed by atoms with Gasteiger partial charge >= 0.3 is 5.97 Å². The van der Waals surface area contributed by atoms with E-state index in [4.69, 9.17) is 28.3 Å². The van der Waals surface area contributed by atoms with Crippen LogP contribution in [0.2, 0.25) is 8.67 Å². The number of carbonyl (C=O) groups excluding carboxylic acids is 1. The lowest BCUT2D eigenvalue weighted by Gasteiger charge is -2.10. The fraction of sp³-hybridized carbons (Fsp3) is 0.400. The van der Waals surface area contributed by atoms with Gasteiger partial charge in [-0.25, -0.2) is 0 Å². The summed E-state index contributed by atoms with van der Waals surface area (Å²) in [6, 6.07) is 1.46. The summed E-state index contributed by atoms with van der Waals surface area (Å²) in [6.45, 7) is 1.83. The molecular formula is C10H11Cl2NO3S. The molecule has 0 aliphatic carbocycles. The molecule has 1 aromatic rings. The van der Waals surface area contributed by atoms with E-state index in [1.54, 1.807) is 6.92 Å². The molecule has 2 N–H and O–H groups in total. The summed E-state index contributed by atoms with van der Waals surface area (Å²) in [6.07, 6.45) is 0.452. The van der Waals surface area contributed by atoms with Crippen LogP contribution >= 0.6 is 34.5 Å². The number of carbonyl (C=O) groups is 2. The van der Waals surface area contributed by atoms with Gasteiger partial charge in [0.2, 0.25) is 0 Å². The zero-order valence-electron chi connectivity index (χ0n) is 9.00. The molecule has 1 amide bonds. The van der Waals surface area contributed by atoms with Crippen LogP contribution in [0.3, 0.4) is 0 Å². The third-order valence-electron chi connectivity index (χ3n) is 2.25. The first-order valence-electron chi connectivity index (χ1n) is 4.91. The molecule has 4 nitrogen and oxygen atoms in total. The molecule has 94 valence electrons. The molecule has 0 bridgehead atoms. The predicted molar refractivity (Wildman–Crippen MR) is 68.1 cm³/mol. The van der Waals surface area contributed by atoms with Gasteiger partial charge in [-0.15, -0.1) is 11.3 Å². The third-order valence-corrected chi connectivity index (χ3v) is 3.74. The van der Waals surface area contributed by atoms with Gasteiger partial charge in [0.15, 0.2) is 0 Å². The molecule has 7 heteroatoms. The molecule has 1 unspecified atom stereocenters. The van der Waals surface area contributed by atoms with Crippen LogP contribution in [-0.2, 0) is 4.79 Å². The van der Waals surface area contributed by atoms with Crippen LogP contribution < -0.4 is 5.32 Å². The minimum atomic E-state index is -0.928. The first-order chi connectivity index (χ1) is 7.95. The van der Waals surface area contributed by atoms with E-state index in [0.29, 0.717) is 15.1 Å². The number of nitrogens with one attached hydrogen (secondary N) is 1. The maximum absolute atomic E-state index is 11.7. The van der Waals surface area contributed by atoms with Gasteiger partial charge in [-0.05, 0) is 12.5 Å². The first-order valence-corrected chi connectivity index (χ1v) is 6.48. The maximum atomic E-state index is 11.7. The zero-order chi connectivity index (χ0) is 13.0. The highest BCUT2D eigenvalue weighted by atomic mass is 35.5. The molecule has 0 spiro atoms. The van der Waals surface area contributed by atoms with Gasteiger partial charge in [0.25, 0.3) is 5.91 Å². The van der Waals surface area contributed by atoms with Crippen LogP contribution in [-0.4, -0.2) is 23.5 Å². The molecule has 0 aliphatic rings. The fourth-order valence-electron chi connectivity index (χ4n) is 1.21. The number of halogens is 2. The van der Waals surface area contributed by atoms with E-state index in [-0.39, 0.29) is 12.1 Å². The van der Waals surface area contributed by atoms with Gasteiger partial charge in [-0.1, -0.05) is 30.1 Å². The second-order valence-electron chi connectivity index (χ2n) is 3.39. The van der Waals surface area contributed by atoms with Crippen molar-refractivity contribution in [1.29, 1.82) is 0 Å². The number of hydrogen-bond acceptors (Lipinski definition) is 3. The summed E-state index contributed by atoms with van der Waals surface area (Å²) in [5.41, 5.74) is 0.280. The quantitative estimate of drug-likeness (QED) is 0.878. The minimum Gasteiger partial charge on any atom is -0.481 e. The number of rotatable bonds is 5. The highest BCUT2D eigenvalue weighted by molar-refractivity contribution is 7.20. The topological polar surface area (TPSA) is 66.4 Å². The molecule has 0 radical (unpaired) electrons. The number of aliphatic carboxylic acids is 1. The van der Waals surface area contributed by atoms with Crippen LogP contribution in [0.4, 0.5) is 0 Å². The van der Waals surface area contributed by atoms with Crippen molar-refractivity contribution in [1.82, 2.24) is 5.32 Å². The summed E-state index contributed by atoms with van der Waals surface area (Å²) < 4.78 is 0.723. The molecule has 1 rings (SSSR count). The SMILES string of the molecule is CCC(CNC(=O)c1cc(Cl)sc1Cl)C(=O)O. The molecule has 1 atom stereocenters. The monoisotopic (exact) mass is 295 g/mol. The summed E-state index contributed by atoms with van der Waals surface area (Å²) >= 11 is 12.6. The molecule has 0 fully saturated rings. The van der Waals surface area contributed by atoms with Crippen molar-refractivity contribution in [2.24, 2.45) is 5.92 Å². The molecule has 0 saturated heterocycles. The Kier molecular flexibility index (Phi) is 5.24. The van der Waals surface area contributed by atoms with Crippen molar-refractivity contribution in [2.45, 2.75) is 13.3 Å². The van der Waals surface area contributed by atoms with E-state index in [1.165, 1.54) is 6.07 Å². The van der Waals surface area contributed by atoms with E-state index in [2.05, 4.69) is 5.32 Å². The average Bonchev–Trinajstić information content (AvgIpc) is 2.58. The summed E-state index contributed by atoms with van der Waals surface area (Å²) in [5.74, 6) is -1.92. The molecular weight excluding hydrogens is 285 g/mol. The standard InChI is InChI=1S/C10H11Cl2NO3S/c1-2-5(10(15)16)4-13-9(14)6-3-7(11)17-8(6)12/h3,5H,2,4H2,1H3,(H,13,14)(H,15,16). The predicted octanol–water partition coefficient (Wildman–Crippen LogP) is 2.90. The molecule has 0 saturated carbocycles. The van der Waals surface area contributed by atoms with E-state index in [1.807, 2.05) is 0 Å². The lowest BCUT2D eigenvalue weighted by Crippen LogP contribution is -2.32. The van der Waals surface area contributed by atoms with Gasteiger partial charge in [0.1, 0.15) is 4.34 Å². The second-order valence-corrected chi connectivity index (χ2v) is 5.68. The van der Waals surface area contributed by atoms with Crippen LogP contribution in [0.15, 0.2) is 6.07 Å². The Morgan fingerprint density at radius 1 is 1.53 bits per heavy atom. The molecule has 1 aromatic heterocycles. The normalized spacial score (nSPS) is 12.2. The third kappa shape index (κ3) is 3.87. The lowest BCUT2D eigenvalue weighted by atomic mass is 10.1. The Morgan fingerprint density at radius 2 is 2.18 bits per heavy atom. The van der Waals surface area contributed by atoms with Crippen molar-refractivity contribution in [3.8, 4) is 0 Å². The highest BCUT2D eigenvalue weighted by Gasteiger charge is 2.18. The number of amides is 1. The Morgan fingerprint density at radius 3 is 2.59 bits per heavy atom. The summed E-state index contributed by atoms with van der Waals surface area (Å²) in [4.78, 5) is 22.4. The van der Waals surface area contributed by atoms with Crippen molar-refractivity contribution >= 4 is 46.4 Å². The van der Waals surface area contributed by atoms with E-state index in [9.17, 15) is 9.59 Å². The fourth-order valence-corrected chi connectivity index (χ4v) is 2.67. The smallest absolute Gasteiger partial charge is 0.308 e. The van der Waals surface area contributed by atoms with E-state index < -0.39 is 17.8 Å². The number of hydrogen-bond donors (Lipinski definition) is 2. The lowest BCUT2D eigenvalue weighted by molar-refractivity contribution is -0.141. The zero-order valence-corrected chi connectivity index (χ0v) is 11.3. The van der Waals surface area contributed by atoms with Crippen molar-refractivity contribution in [2.75, 3.05) is 6.54 Å². The molecule has 0 aliphatic heterocycles. The van der Waals surface area contributed by atoms with Crippen LogP contribution in [0.5, 0.6) is 0 Å². The number of carboxylic acids is 1. The minimum absolute atomic E-state index is 0.0778. The largest absolute Gasteiger partial charge is 0.481 e. The Balaban J connectivity index is 2.61. The molecule has 1 heterocycles. The number of thiophene rings is 1. The van der Waals surface area contributed by atoms with Gasteiger partial charge in [-0.2, -0.15) is 0 Å². The van der Waals surface area contributed by atoms with Gasteiger partial charge in [-0.3, -0.25) is 9.59 Å². The molecule has 0 aromatic carbocycles. The molecule has 17 heavy (non-hydrogen) atoms. The number of carboxylic acid groups (broad SMARTS) is 1. The van der Waals surface area contributed by atoms with Crippen molar-refractivity contribution in [3.05, 3.63) is 20.3 Å². The van der Waals surface area contributed by atoms with Crippen LogP contribution in [0.1, 0.15) is 23.7 Å². The highest BCUT2D eigenvalue weighted by Crippen LogP contribution is 2.30. The first kappa shape index (κ1) is 14.3. The van der Waals surface area contributed by atoms with Gasteiger partial charge in [0, 0.05) is 6.54 Å². The van der Waals surface area contributed by atoms with Gasteiger partial charge < -0.3 is 10.4 Å². The summed E-state index contributed by atoms with van der Waals surface area (Å²) in [5, 5.41) is 11.3. The van der Waals surface area contributed by atoms with Crippen molar-refractivity contribution in [3.63, 3.8) is 0 Å². The van der Waals surface area contributed by atoms with Crippen molar-refractivity contribution < 1.29 is 14.7 Å². The Labute approximate surface area is 113 Å².